The van der Waals surface area contributed by atoms with Crippen LogP contribution in [0.25, 0.3) is 10.9 Å². The molecule has 0 aliphatic heterocycles. The van der Waals surface area contributed by atoms with Crippen molar-refractivity contribution in [2.24, 2.45) is 7.05 Å². The monoisotopic (exact) mass is 510 g/mol. The quantitative estimate of drug-likeness (QED) is 0.345. The summed E-state index contributed by atoms with van der Waals surface area (Å²) in [6, 6.07) is 6.80. The van der Waals surface area contributed by atoms with E-state index < -0.39 is 17.5 Å². The normalized spacial score (nSPS) is 13.9. The van der Waals surface area contributed by atoms with Gasteiger partial charge < -0.3 is 14.4 Å². The lowest BCUT2D eigenvalue weighted by Crippen LogP contribution is -2.31. The van der Waals surface area contributed by atoms with Gasteiger partial charge in [0.2, 0.25) is 0 Å². The van der Waals surface area contributed by atoms with E-state index in [1.807, 2.05) is 13.8 Å². The number of aromatic nitrogens is 4. The van der Waals surface area contributed by atoms with Crippen LogP contribution in [0.2, 0.25) is 10.2 Å². The molecule has 0 aliphatic rings. The van der Waals surface area contributed by atoms with Crippen LogP contribution < -0.4 is 4.74 Å². The topological polar surface area (TPSA) is 73.1 Å². The van der Waals surface area contributed by atoms with Gasteiger partial charge in [-0.3, -0.25) is 4.98 Å². The first-order chi connectivity index (χ1) is 15.9. The molecule has 4 aromatic rings. The molecule has 0 radical (unpaired) electrons. The fourth-order valence-electron chi connectivity index (χ4n) is 3.68. The number of fused-ring (bicyclic) bond motifs is 1. The zero-order valence-electron chi connectivity index (χ0n) is 18.2. The SMILES string of the molecule is CC(C)Oc1c(Cl)nc2ccc(C(O)(c3ccc(C(F)(F)F)nc3)c3cncn3C)cc2c1Cl. The molecule has 0 fully saturated rings. The van der Waals surface area contributed by atoms with Crippen LogP contribution in [0.3, 0.4) is 0 Å². The Kier molecular flexibility index (Phi) is 6.22. The Bertz CT molecular complexity index is 1360. The second-order valence-electron chi connectivity index (χ2n) is 7.97. The fourth-order valence-corrected chi connectivity index (χ4v) is 4.25. The third kappa shape index (κ3) is 4.19. The Morgan fingerprint density at radius 1 is 1.06 bits per heavy atom. The number of pyridine rings is 2. The summed E-state index contributed by atoms with van der Waals surface area (Å²) < 4.78 is 46.5. The summed E-state index contributed by atoms with van der Waals surface area (Å²) in [5.74, 6) is 0.197. The van der Waals surface area contributed by atoms with Gasteiger partial charge in [0.15, 0.2) is 16.5 Å². The van der Waals surface area contributed by atoms with Crippen molar-refractivity contribution in [2.75, 3.05) is 0 Å². The second kappa shape index (κ2) is 8.72. The van der Waals surface area contributed by atoms with Gasteiger partial charge in [-0.25, -0.2) is 9.97 Å². The summed E-state index contributed by atoms with van der Waals surface area (Å²) in [5, 5.41) is 12.7. The highest BCUT2D eigenvalue weighted by Gasteiger charge is 2.39. The number of hydrogen-bond acceptors (Lipinski definition) is 5. The summed E-state index contributed by atoms with van der Waals surface area (Å²) in [4.78, 5) is 11.9. The number of benzene rings is 1. The predicted octanol–water partition coefficient (Wildman–Crippen LogP) is 5.76. The molecule has 1 aromatic carbocycles. The molecule has 1 atom stereocenters. The van der Waals surface area contributed by atoms with E-state index >= 15 is 0 Å². The summed E-state index contributed by atoms with van der Waals surface area (Å²) >= 11 is 12.9. The minimum Gasteiger partial charge on any atom is -0.486 e. The minimum absolute atomic E-state index is 0.0905. The summed E-state index contributed by atoms with van der Waals surface area (Å²) in [7, 11) is 1.66. The van der Waals surface area contributed by atoms with Crippen molar-refractivity contribution in [1.82, 2.24) is 19.5 Å². The van der Waals surface area contributed by atoms with Crippen molar-refractivity contribution in [3.05, 3.63) is 81.7 Å². The average molecular weight is 511 g/mol. The number of ether oxygens (including phenoxy) is 1. The van der Waals surface area contributed by atoms with E-state index in [4.69, 9.17) is 27.9 Å². The molecule has 178 valence electrons. The number of aryl methyl sites for hydroxylation is 1. The molecule has 34 heavy (non-hydrogen) atoms. The highest BCUT2D eigenvalue weighted by atomic mass is 35.5. The maximum absolute atomic E-state index is 13.1. The first kappa shape index (κ1) is 24.3. The van der Waals surface area contributed by atoms with Crippen LogP contribution >= 0.6 is 23.2 Å². The number of alkyl halides is 3. The molecular formula is C23H19Cl2F3N4O2. The lowest BCUT2D eigenvalue weighted by Gasteiger charge is -2.30. The molecule has 1 N–H and O–H groups in total. The van der Waals surface area contributed by atoms with Gasteiger partial charge in [0.1, 0.15) is 5.69 Å². The molecule has 4 rings (SSSR count). The largest absolute Gasteiger partial charge is 0.486 e. The Morgan fingerprint density at radius 3 is 2.32 bits per heavy atom. The highest BCUT2D eigenvalue weighted by Crippen LogP contribution is 2.42. The molecule has 0 saturated heterocycles. The van der Waals surface area contributed by atoms with Gasteiger partial charge in [-0.1, -0.05) is 35.3 Å². The van der Waals surface area contributed by atoms with Crippen LogP contribution in [-0.2, 0) is 18.8 Å². The van der Waals surface area contributed by atoms with Gasteiger partial charge >= 0.3 is 6.18 Å². The molecule has 0 bridgehead atoms. The van der Waals surface area contributed by atoms with Crippen LogP contribution in [0.1, 0.15) is 36.4 Å². The number of halogens is 5. The van der Waals surface area contributed by atoms with Gasteiger partial charge in [0.05, 0.1) is 34.9 Å². The van der Waals surface area contributed by atoms with E-state index in [2.05, 4.69) is 15.0 Å². The summed E-state index contributed by atoms with van der Waals surface area (Å²) in [6.07, 6.45) is -0.938. The smallest absolute Gasteiger partial charge is 0.433 e. The Balaban J connectivity index is 1.95. The van der Waals surface area contributed by atoms with Crippen molar-refractivity contribution >= 4 is 34.1 Å². The molecular weight excluding hydrogens is 492 g/mol. The lowest BCUT2D eigenvalue weighted by atomic mass is 9.83. The first-order valence-electron chi connectivity index (χ1n) is 10.1. The standard InChI is InChI=1S/C23H19Cl2F3N4O2/c1-12(2)34-20-19(24)15-8-13(4-6-16(15)31-21(20)25)22(33,18-10-29-11-32(18)3)14-5-7-17(30-9-14)23(26,27)28/h4-12,33H,1-3H3. The van der Waals surface area contributed by atoms with E-state index in [0.717, 1.165) is 12.3 Å². The van der Waals surface area contributed by atoms with Crippen LogP contribution in [-0.4, -0.2) is 30.7 Å². The van der Waals surface area contributed by atoms with E-state index in [0.29, 0.717) is 22.2 Å². The van der Waals surface area contributed by atoms with Crippen LogP contribution in [0.5, 0.6) is 5.75 Å². The Labute approximate surface area is 203 Å². The second-order valence-corrected chi connectivity index (χ2v) is 8.71. The molecule has 0 aliphatic carbocycles. The molecule has 3 heterocycles. The highest BCUT2D eigenvalue weighted by molar-refractivity contribution is 6.40. The maximum atomic E-state index is 13.1. The Morgan fingerprint density at radius 2 is 1.76 bits per heavy atom. The predicted molar refractivity (Wildman–Crippen MR) is 122 cm³/mol. The van der Waals surface area contributed by atoms with Gasteiger partial charge in [-0.2, -0.15) is 13.2 Å². The van der Waals surface area contributed by atoms with Crippen molar-refractivity contribution in [3.8, 4) is 5.75 Å². The molecule has 3 aromatic heterocycles. The van der Waals surface area contributed by atoms with Gasteiger partial charge in [-0.05, 0) is 37.6 Å². The number of aliphatic hydroxyl groups is 1. The zero-order chi connectivity index (χ0) is 24.8. The fraction of sp³-hybridized carbons (Fsp3) is 0.261. The third-order valence-corrected chi connectivity index (χ3v) is 5.90. The Hall–Kier alpha value is -2.88. The average Bonchev–Trinajstić information content (AvgIpc) is 3.21. The van der Waals surface area contributed by atoms with Crippen LogP contribution in [0.4, 0.5) is 13.2 Å². The van der Waals surface area contributed by atoms with Crippen molar-refractivity contribution in [2.45, 2.75) is 31.7 Å². The molecule has 0 saturated carbocycles. The van der Waals surface area contributed by atoms with E-state index in [-0.39, 0.29) is 27.6 Å². The van der Waals surface area contributed by atoms with Crippen molar-refractivity contribution < 1.29 is 23.0 Å². The summed E-state index contributed by atoms with van der Waals surface area (Å²) in [6.45, 7) is 3.62. The molecule has 11 heteroatoms. The minimum atomic E-state index is -4.61. The van der Waals surface area contributed by atoms with Gasteiger partial charge in [0, 0.05) is 24.2 Å². The summed E-state index contributed by atoms with van der Waals surface area (Å²) in [5.41, 5.74) is -1.79. The number of rotatable bonds is 5. The lowest BCUT2D eigenvalue weighted by molar-refractivity contribution is -0.141. The van der Waals surface area contributed by atoms with E-state index in [9.17, 15) is 18.3 Å². The van der Waals surface area contributed by atoms with Crippen molar-refractivity contribution in [3.63, 3.8) is 0 Å². The van der Waals surface area contributed by atoms with E-state index in [1.54, 1.807) is 29.8 Å². The molecule has 0 amide bonds. The maximum Gasteiger partial charge on any atom is 0.433 e. The van der Waals surface area contributed by atoms with Gasteiger partial charge in [0.25, 0.3) is 0 Å². The van der Waals surface area contributed by atoms with Gasteiger partial charge in [-0.15, -0.1) is 0 Å². The van der Waals surface area contributed by atoms with Crippen LogP contribution in [0, 0.1) is 0 Å². The molecule has 1 unspecified atom stereocenters. The van der Waals surface area contributed by atoms with E-state index in [1.165, 1.54) is 18.6 Å². The molecule has 6 nitrogen and oxygen atoms in total. The number of hydrogen-bond donors (Lipinski definition) is 1. The van der Waals surface area contributed by atoms with Crippen molar-refractivity contribution in [1.29, 1.82) is 0 Å². The zero-order valence-corrected chi connectivity index (χ0v) is 19.7. The van der Waals surface area contributed by atoms with Crippen LogP contribution in [0.15, 0.2) is 49.1 Å². The number of imidazole rings is 1. The molecule has 0 spiro atoms. The number of nitrogens with zero attached hydrogens (tertiary/aromatic N) is 4. The first-order valence-corrected chi connectivity index (χ1v) is 10.9. The third-order valence-electron chi connectivity index (χ3n) is 5.27.